The molecule has 0 spiro atoms. The lowest BCUT2D eigenvalue weighted by molar-refractivity contribution is -0.255. The molecule has 0 radical (unpaired) electrons. The molecule has 0 aliphatic carbocycles. The Balaban J connectivity index is 2.13. The Bertz CT molecular complexity index is 962. The van der Waals surface area contributed by atoms with Crippen LogP contribution in [0.3, 0.4) is 0 Å². The largest absolute Gasteiger partial charge is 0.545 e. The zero-order chi connectivity index (χ0) is 17.8. The van der Waals surface area contributed by atoms with Gasteiger partial charge in [-0.1, -0.05) is 36.4 Å². The molecule has 0 fully saturated rings. The van der Waals surface area contributed by atoms with Gasteiger partial charge in [-0.15, -0.1) is 18.3 Å². The zero-order valence-electron chi connectivity index (χ0n) is 13.3. The monoisotopic (exact) mass is 351 g/mol. The number of carboxylic acid groups (broad SMARTS) is 1. The van der Waals surface area contributed by atoms with Crippen molar-refractivity contribution >= 4 is 34.7 Å². The van der Waals surface area contributed by atoms with Crippen LogP contribution in [0.1, 0.15) is 26.5 Å². The van der Waals surface area contributed by atoms with Crippen LogP contribution in [0.5, 0.6) is 0 Å². The number of para-hydroxylation sites is 2. The predicted octanol–water partition coefficient (Wildman–Crippen LogP) is 2.51. The van der Waals surface area contributed by atoms with E-state index in [1.54, 1.807) is 36.0 Å². The lowest BCUT2D eigenvalue weighted by Crippen LogP contribution is -2.26. The van der Waals surface area contributed by atoms with Gasteiger partial charge >= 0.3 is 0 Å². The molecule has 0 unspecified atom stereocenters. The molecule has 1 aromatic heterocycles. The second-order valence-electron chi connectivity index (χ2n) is 5.29. The van der Waals surface area contributed by atoms with Crippen LogP contribution in [0.25, 0.3) is 11.0 Å². The van der Waals surface area contributed by atoms with Gasteiger partial charge in [0.25, 0.3) is 5.91 Å². The fourth-order valence-corrected chi connectivity index (χ4v) is 3.26. The highest BCUT2D eigenvalue weighted by molar-refractivity contribution is 7.98. The minimum Gasteiger partial charge on any atom is -0.545 e. The summed E-state index contributed by atoms with van der Waals surface area (Å²) in [5.74, 6) is 0.0114. The highest BCUT2D eigenvalue weighted by Gasteiger charge is 2.20. The van der Waals surface area contributed by atoms with E-state index in [9.17, 15) is 14.7 Å². The van der Waals surface area contributed by atoms with Crippen molar-refractivity contribution in [1.29, 1.82) is 0 Å². The molecule has 0 saturated heterocycles. The van der Waals surface area contributed by atoms with E-state index in [4.69, 9.17) is 0 Å². The first-order valence-corrected chi connectivity index (χ1v) is 8.79. The molecule has 6 heteroatoms. The van der Waals surface area contributed by atoms with Gasteiger partial charge in [-0.25, -0.2) is 4.98 Å². The van der Waals surface area contributed by atoms with E-state index in [2.05, 4.69) is 11.6 Å². The molecule has 0 bridgehead atoms. The number of hydrogen-bond acceptors (Lipinski definition) is 5. The van der Waals surface area contributed by atoms with Crippen molar-refractivity contribution in [1.82, 2.24) is 9.55 Å². The van der Waals surface area contributed by atoms with Crippen molar-refractivity contribution in [2.75, 3.05) is 5.75 Å². The molecule has 2 aromatic carbocycles. The average molecular weight is 351 g/mol. The van der Waals surface area contributed by atoms with Gasteiger partial charge in [0.1, 0.15) is 5.82 Å². The van der Waals surface area contributed by atoms with E-state index < -0.39 is 11.9 Å². The smallest absolute Gasteiger partial charge is 0.264 e. The summed E-state index contributed by atoms with van der Waals surface area (Å²) in [5, 5.41) is 11.4. The fraction of sp³-hybridized carbons (Fsp3) is 0.105. The first kappa shape index (κ1) is 17.0. The summed E-state index contributed by atoms with van der Waals surface area (Å²) in [6.45, 7) is 3.68. The summed E-state index contributed by atoms with van der Waals surface area (Å²) in [6.07, 6.45) is 1.78. The summed E-state index contributed by atoms with van der Waals surface area (Å²) in [4.78, 5) is 29.0. The number of thioether (sulfide) groups is 1. The summed E-state index contributed by atoms with van der Waals surface area (Å²) >= 11 is 1.58. The van der Waals surface area contributed by atoms with Crippen LogP contribution in [0.15, 0.2) is 61.2 Å². The van der Waals surface area contributed by atoms with Crippen LogP contribution >= 0.6 is 11.8 Å². The van der Waals surface area contributed by atoms with Gasteiger partial charge in [0.2, 0.25) is 0 Å². The van der Waals surface area contributed by atoms with Crippen LogP contribution in [0, 0.1) is 0 Å². The fourth-order valence-electron chi connectivity index (χ4n) is 2.60. The Kier molecular flexibility index (Phi) is 5.00. The van der Waals surface area contributed by atoms with Gasteiger partial charge in [-0.3, -0.25) is 9.36 Å². The summed E-state index contributed by atoms with van der Waals surface area (Å²) < 4.78 is 1.48. The number of imidazole rings is 1. The van der Waals surface area contributed by atoms with Gasteiger partial charge in [0.15, 0.2) is 0 Å². The average Bonchev–Trinajstić information content (AvgIpc) is 2.99. The van der Waals surface area contributed by atoms with Gasteiger partial charge in [0.05, 0.1) is 22.8 Å². The van der Waals surface area contributed by atoms with Crippen LogP contribution in [0.4, 0.5) is 0 Å². The second kappa shape index (κ2) is 7.36. The first-order chi connectivity index (χ1) is 12.1. The van der Waals surface area contributed by atoms with E-state index in [0.717, 1.165) is 5.75 Å². The number of benzene rings is 2. The van der Waals surface area contributed by atoms with Crippen molar-refractivity contribution < 1.29 is 14.7 Å². The number of nitrogens with zero attached hydrogens (tertiary/aromatic N) is 2. The van der Waals surface area contributed by atoms with Gasteiger partial charge < -0.3 is 9.90 Å². The molecule has 0 saturated carbocycles. The van der Waals surface area contributed by atoms with Crippen LogP contribution in [0.2, 0.25) is 0 Å². The number of carbonyl (C=O) groups is 2. The molecule has 5 nitrogen and oxygen atoms in total. The number of hydrogen-bond donors (Lipinski definition) is 0. The minimum atomic E-state index is -1.38. The quantitative estimate of drug-likeness (QED) is 0.504. The third kappa shape index (κ3) is 3.34. The Morgan fingerprint density at radius 1 is 1.12 bits per heavy atom. The summed E-state index contributed by atoms with van der Waals surface area (Å²) in [6, 6.07) is 13.3. The number of aromatic nitrogens is 2. The number of carbonyl (C=O) groups excluding carboxylic acids is 2. The standard InChI is InChI=1S/C19H16N2O3S/c1-2-11-25-12-17-20-15-9-5-6-10-16(15)21(17)18(22)13-7-3-4-8-14(13)19(23)24/h2-10H,1,11-12H2,(H,23,24)/p-1. The molecule has 25 heavy (non-hydrogen) atoms. The van der Waals surface area contributed by atoms with E-state index in [0.29, 0.717) is 22.6 Å². The minimum absolute atomic E-state index is 0.0839. The lowest BCUT2D eigenvalue weighted by atomic mass is 10.1. The summed E-state index contributed by atoms with van der Waals surface area (Å²) in [5.41, 5.74) is 1.29. The SMILES string of the molecule is C=CCSCc1nc2ccccc2n1C(=O)c1ccccc1C(=O)[O-]. The maximum absolute atomic E-state index is 13.1. The number of aromatic carboxylic acids is 1. The Hall–Kier alpha value is -2.86. The maximum atomic E-state index is 13.1. The van der Waals surface area contributed by atoms with Crippen LogP contribution in [-0.2, 0) is 5.75 Å². The third-order valence-corrected chi connectivity index (χ3v) is 4.61. The molecule has 126 valence electrons. The second-order valence-corrected chi connectivity index (χ2v) is 6.32. The molecule has 1 heterocycles. The van der Waals surface area contributed by atoms with Crippen molar-refractivity contribution in [3.63, 3.8) is 0 Å². The van der Waals surface area contributed by atoms with E-state index in [1.807, 2.05) is 18.2 Å². The van der Waals surface area contributed by atoms with Crippen LogP contribution < -0.4 is 5.11 Å². The third-order valence-electron chi connectivity index (χ3n) is 3.68. The van der Waals surface area contributed by atoms with E-state index in [-0.39, 0.29) is 11.1 Å². The Morgan fingerprint density at radius 2 is 1.80 bits per heavy atom. The lowest BCUT2D eigenvalue weighted by Gasteiger charge is -2.12. The van der Waals surface area contributed by atoms with Crippen molar-refractivity contribution in [2.24, 2.45) is 0 Å². The van der Waals surface area contributed by atoms with E-state index >= 15 is 0 Å². The maximum Gasteiger partial charge on any atom is 0.264 e. The first-order valence-electron chi connectivity index (χ1n) is 7.63. The highest BCUT2D eigenvalue weighted by atomic mass is 32.2. The number of rotatable bonds is 6. The zero-order valence-corrected chi connectivity index (χ0v) is 14.2. The molecular weight excluding hydrogens is 336 g/mol. The molecule has 0 aliphatic rings. The van der Waals surface area contributed by atoms with Crippen molar-refractivity contribution in [3.8, 4) is 0 Å². The molecule has 0 N–H and O–H groups in total. The Morgan fingerprint density at radius 3 is 2.52 bits per heavy atom. The predicted molar refractivity (Wildman–Crippen MR) is 96.6 cm³/mol. The van der Waals surface area contributed by atoms with Gasteiger partial charge in [0, 0.05) is 16.9 Å². The van der Waals surface area contributed by atoms with E-state index in [1.165, 1.54) is 16.7 Å². The van der Waals surface area contributed by atoms with Gasteiger partial charge in [-0.05, 0) is 18.2 Å². The molecule has 0 aliphatic heterocycles. The molecule has 3 rings (SSSR count). The molecular formula is C19H15N2O3S-. The van der Waals surface area contributed by atoms with Gasteiger partial charge in [-0.2, -0.15) is 0 Å². The molecule has 3 aromatic rings. The van der Waals surface area contributed by atoms with Crippen molar-refractivity contribution in [3.05, 3.63) is 78.1 Å². The molecule has 0 amide bonds. The summed E-state index contributed by atoms with van der Waals surface area (Å²) in [7, 11) is 0. The van der Waals surface area contributed by atoms with Crippen LogP contribution in [-0.4, -0.2) is 27.2 Å². The number of carboxylic acids is 1. The molecule has 0 atom stereocenters. The normalized spacial score (nSPS) is 10.7. The topological polar surface area (TPSA) is 75.0 Å². The Labute approximate surface area is 149 Å². The van der Waals surface area contributed by atoms with Crippen molar-refractivity contribution in [2.45, 2.75) is 5.75 Å². The number of fused-ring (bicyclic) bond motifs is 1. The highest BCUT2D eigenvalue weighted by Crippen LogP contribution is 2.22.